The summed E-state index contributed by atoms with van der Waals surface area (Å²) in [6.45, 7) is -3.24. The molecule has 0 aromatic carbocycles. The molecule has 1 heterocycles. The Labute approximate surface area is 113 Å². The lowest BCUT2D eigenvalue weighted by Crippen LogP contribution is -2.49. The van der Waals surface area contributed by atoms with Gasteiger partial charge in [0.15, 0.2) is 6.86 Å². The summed E-state index contributed by atoms with van der Waals surface area (Å²) in [7, 11) is 0. The quantitative estimate of drug-likeness (QED) is 0.251. The Hall–Kier alpha value is -0.690. The average molecular weight is 332 g/mol. The van der Waals surface area contributed by atoms with E-state index in [1.807, 2.05) is 0 Å². The Kier molecular flexibility index (Phi) is 6.16. The van der Waals surface area contributed by atoms with Crippen molar-refractivity contribution in [2.24, 2.45) is 0 Å². The van der Waals surface area contributed by atoms with Gasteiger partial charge in [-0.05, 0) is 0 Å². The molecular weight excluding hydrogens is 321 g/mol. The lowest BCUT2D eigenvalue weighted by molar-refractivity contribution is -0.529. The first-order chi connectivity index (χ1) is 9.60. The van der Waals surface area contributed by atoms with Crippen molar-refractivity contribution in [2.75, 3.05) is 33.3 Å². The van der Waals surface area contributed by atoms with E-state index in [0.717, 1.165) is 0 Å². The van der Waals surface area contributed by atoms with Crippen LogP contribution in [-0.2, 0) is 23.7 Å². The Balaban J connectivity index is 2.37. The summed E-state index contributed by atoms with van der Waals surface area (Å²) < 4.78 is 106. The molecule has 1 atom stereocenters. The lowest BCUT2D eigenvalue weighted by atomic mass is 10.5. The number of alkyl halides is 7. The fraction of sp³-hybridized carbons (Fsp3) is 1.00. The van der Waals surface area contributed by atoms with Crippen LogP contribution in [0, 0.1) is 0 Å². The van der Waals surface area contributed by atoms with Crippen molar-refractivity contribution in [1.29, 1.82) is 0 Å². The maximum Gasteiger partial charge on any atom is 0.492 e. The molecule has 0 spiro atoms. The van der Waals surface area contributed by atoms with Crippen LogP contribution in [0.2, 0.25) is 0 Å². The maximum atomic E-state index is 12.9. The number of hydrogen-bond donors (Lipinski definition) is 0. The molecule has 1 fully saturated rings. The molecule has 1 rings (SSSR count). The summed E-state index contributed by atoms with van der Waals surface area (Å²) in [5, 5.41) is 0. The third-order valence-corrected chi connectivity index (χ3v) is 2.03. The summed E-state index contributed by atoms with van der Waals surface area (Å²) >= 11 is 0. The highest BCUT2D eigenvalue weighted by Gasteiger charge is 2.64. The predicted molar refractivity (Wildman–Crippen MR) is 49.5 cm³/mol. The molecule has 0 N–H and O–H groups in total. The largest absolute Gasteiger partial charge is 0.492 e. The SMILES string of the molecule is FCOC(F)(F)OC(F)(F)C(F)(F)OCCOCC1CO1. The molecule has 0 saturated carbocycles. The summed E-state index contributed by atoms with van der Waals surface area (Å²) in [5.74, 6) is 0. The summed E-state index contributed by atoms with van der Waals surface area (Å²) in [6.07, 6.45) is -16.6. The molecule has 21 heavy (non-hydrogen) atoms. The van der Waals surface area contributed by atoms with Crippen molar-refractivity contribution in [1.82, 2.24) is 0 Å². The second-order valence-electron chi connectivity index (χ2n) is 3.73. The van der Waals surface area contributed by atoms with E-state index in [-0.39, 0.29) is 12.7 Å². The molecule has 1 unspecified atom stereocenters. The van der Waals surface area contributed by atoms with Gasteiger partial charge in [0, 0.05) is 0 Å². The zero-order chi connectivity index (χ0) is 16.1. The zero-order valence-electron chi connectivity index (χ0n) is 10.3. The Bertz CT molecular complexity index is 324. The molecule has 0 aromatic heterocycles. The number of rotatable bonds is 11. The predicted octanol–water partition coefficient (Wildman–Crippen LogP) is 2.11. The standard InChI is InChI=1S/C9H11F7O5/c10-5-20-9(15,16)21-8(13,14)7(11,12)19-2-1-17-3-6-4-18-6/h6H,1-5H2. The van der Waals surface area contributed by atoms with Gasteiger partial charge in [-0.15, -0.1) is 8.78 Å². The van der Waals surface area contributed by atoms with Crippen LogP contribution in [0.25, 0.3) is 0 Å². The molecule has 126 valence electrons. The molecule has 1 aliphatic heterocycles. The molecule has 0 aromatic rings. The molecular formula is C9H11F7O5. The minimum atomic E-state index is -5.74. The fourth-order valence-electron chi connectivity index (χ4n) is 0.993. The molecule has 0 aliphatic carbocycles. The topological polar surface area (TPSA) is 49.5 Å². The van der Waals surface area contributed by atoms with Crippen LogP contribution < -0.4 is 0 Å². The van der Waals surface area contributed by atoms with Crippen molar-refractivity contribution in [2.45, 2.75) is 24.6 Å². The van der Waals surface area contributed by atoms with E-state index < -0.39 is 38.6 Å². The third-order valence-electron chi connectivity index (χ3n) is 2.03. The van der Waals surface area contributed by atoms with E-state index in [9.17, 15) is 30.7 Å². The van der Waals surface area contributed by atoms with Gasteiger partial charge in [0.05, 0.1) is 26.4 Å². The second-order valence-corrected chi connectivity index (χ2v) is 3.73. The van der Waals surface area contributed by atoms with E-state index in [4.69, 9.17) is 9.47 Å². The zero-order valence-corrected chi connectivity index (χ0v) is 10.3. The van der Waals surface area contributed by atoms with Crippen LogP contribution in [0.4, 0.5) is 30.7 Å². The molecule has 0 radical (unpaired) electrons. The van der Waals surface area contributed by atoms with Crippen LogP contribution in [0.1, 0.15) is 0 Å². The van der Waals surface area contributed by atoms with Crippen molar-refractivity contribution in [3.05, 3.63) is 0 Å². The van der Waals surface area contributed by atoms with E-state index in [1.54, 1.807) is 0 Å². The van der Waals surface area contributed by atoms with Crippen LogP contribution in [0.3, 0.4) is 0 Å². The average Bonchev–Trinajstić information content (AvgIpc) is 3.10. The van der Waals surface area contributed by atoms with Crippen LogP contribution >= 0.6 is 0 Å². The lowest BCUT2D eigenvalue weighted by Gasteiger charge is -2.27. The number of epoxide rings is 1. The van der Waals surface area contributed by atoms with Gasteiger partial charge in [0.25, 0.3) is 0 Å². The van der Waals surface area contributed by atoms with Gasteiger partial charge in [0.1, 0.15) is 6.10 Å². The molecule has 12 heteroatoms. The van der Waals surface area contributed by atoms with E-state index in [1.165, 1.54) is 0 Å². The number of halogens is 7. The minimum Gasteiger partial charge on any atom is -0.376 e. The van der Waals surface area contributed by atoms with E-state index in [0.29, 0.717) is 6.61 Å². The van der Waals surface area contributed by atoms with Crippen molar-refractivity contribution in [3.8, 4) is 0 Å². The van der Waals surface area contributed by atoms with Crippen molar-refractivity contribution in [3.63, 3.8) is 0 Å². The highest BCUT2D eigenvalue weighted by Crippen LogP contribution is 2.40. The summed E-state index contributed by atoms with van der Waals surface area (Å²) in [4.78, 5) is 0. The van der Waals surface area contributed by atoms with Crippen LogP contribution in [0.15, 0.2) is 0 Å². The maximum absolute atomic E-state index is 12.9. The fourth-order valence-corrected chi connectivity index (χ4v) is 0.993. The van der Waals surface area contributed by atoms with Crippen LogP contribution in [-0.4, -0.2) is 57.9 Å². The first kappa shape index (κ1) is 18.4. The first-order valence-corrected chi connectivity index (χ1v) is 5.46. The first-order valence-electron chi connectivity index (χ1n) is 5.46. The van der Waals surface area contributed by atoms with Gasteiger partial charge < -0.3 is 14.2 Å². The van der Waals surface area contributed by atoms with Crippen molar-refractivity contribution >= 4 is 0 Å². The third kappa shape index (κ3) is 6.30. The van der Waals surface area contributed by atoms with Crippen molar-refractivity contribution < 1.29 is 54.4 Å². The van der Waals surface area contributed by atoms with E-state index in [2.05, 4.69) is 14.2 Å². The monoisotopic (exact) mass is 332 g/mol. The Morgan fingerprint density at radius 3 is 2.10 bits per heavy atom. The van der Waals surface area contributed by atoms with Gasteiger partial charge in [-0.3, -0.25) is 4.74 Å². The molecule has 0 bridgehead atoms. The molecule has 5 nitrogen and oxygen atoms in total. The number of hydrogen-bond acceptors (Lipinski definition) is 5. The number of ether oxygens (including phenoxy) is 5. The highest BCUT2D eigenvalue weighted by atomic mass is 19.3. The van der Waals surface area contributed by atoms with Gasteiger partial charge in [0.2, 0.25) is 0 Å². The molecule has 0 amide bonds. The second kappa shape index (κ2) is 7.05. The van der Waals surface area contributed by atoms with Gasteiger partial charge >= 0.3 is 18.5 Å². The minimum absolute atomic E-state index is 0.0598. The van der Waals surface area contributed by atoms with E-state index >= 15 is 0 Å². The smallest absolute Gasteiger partial charge is 0.376 e. The van der Waals surface area contributed by atoms with Gasteiger partial charge in [-0.2, -0.15) is 17.6 Å². The Morgan fingerprint density at radius 2 is 1.57 bits per heavy atom. The summed E-state index contributed by atoms with van der Waals surface area (Å²) in [6, 6.07) is 0. The summed E-state index contributed by atoms with van der Waals surface area (Å²) in [5.41, 5.74) is 0. The molecule has 1 saturated heterocycles. The molecule has 1 aliphatic rings. The van der Waals surface area contributed by atoms with Gasteiger partial charge in [-0.25, -0.2) is 9.13 Å². The highest BCUT2D eigenvalue weighted by molar-refractivity contribution is 4.68. The normalized spacial score (nSPS) is 19.9. The van der Waals surface area contributed by atoms with Crippen LogP contribution in [0.5, 0.6) is 0 Å². The van der Waals surface area contributed by atoms with Gasteiger partial charge in [-0.1, -0.05) is 0 Å². The Morgan fingerprint density at radius 1 is 0.952 bits per heavy atom.